The lowest BCUT2D eigenvalue weighted by Crippen LogP contribution is -2.22. The first kappa shape index (κ1) is 14.2. The molecule has 0 bridgehead atoms. The lowest BCUT2D eigenvalue weighted by molar-refractivity contribution is 0.336. The second kappa shape index (κ2) is 7.47. The van der Waals surface area contributed by atoms with Crippen LogP contribution in [-0.4, -0.2) is 14.5 Å². The van der Waals surface area contributed by atoms with Crippen molar-refractivity contribution in [3.8, 4) is 6.07 Å². The third kappa shape index (κ3) is 11.1. The molecule has 86 valence electrons. The quantitative estimate of drug-likeness (QED) is 0.288. The van der Waals surface area contributed by atoms with E-state index < -0.39 is 8.32 Å². The van der Waals surface area contributed by atoms with Crippen LogP contribution in [0.1, 0.15) is 32.6 Å². The Bertz CT molecular complexity index is 228. The molecule has 0 aliphatic heterocycles. The molecular weight excluding hydrogens is 204 g/mol. The van der Waals surface area contributed by atoms with Gasteiger partial charge in [0.15, 0.2) is 0 Å². The summed E-state index contributed by atoms with van der Waals surface area (Å²) in [5.74, 6) is 0.181. The van der Waals surface area contributed by atoms with E-state index in [0.717, 1.165) is 25.7 Å². The van der Waals surface area contributed by atoms with Gasteiger partial charge >= 0.3 is 0 Å². The highest BCUT2D eigenvalue weighted by molar-refractivity contribution is 6.69. The van der Waals surface area contributed by atoms with Crippen molar-refractivity contribution in [1.29, 1.82) is 5.26 Å². The molecule has 0 fully saturated rings. The Morgan fingerprint density at radius 3 is 2.60 bits per heavy atom. The van der Waals surface area contributed by atoms with Crippen molar-refractivity contribution < 1.29 is 4.53 Å². The van der Waals surface area contributed by atoms with Crippen LogP contribution in [-0.2, 0) is 4.53 Å². The van der Waals surface area contributed by atoms with Gasteiger partial charge in [-0.2, -0.15) is 5.26 Å². The summed E-state index contributed by atoms with van der Waals surface area (Å²) in [5, 5.41) is 12.5. The highest BCUT2D eigenvalue weighted by Gasteiger charge is 2.14. The van der Waals surface area contributed by atoms with Gasteiger partial charge in [-0.15, -0.1) is 5.16 Å². The zero-order chi connectivity index (χ0) is 11.7. The van der Waals surface area contributed by atoms with Gasteiger partial charge in [-0.05, 0) is 45.8 Å². The molecule has 0 saturated heterocycles. The molecule has 0 aliphatic rings. The van der Waals surface area contributed by atoms with E-state index in [1.807, 2.05) is 13.1 Å². The normalized spacial score (nSPS) is 13.8. The predicted molar refractivity (Wildman–Crippen MR) is 66.2 cm³/mol. The van der Waals surface area contributed by atoms with Gasteiger partial charge in [-0.3, -0.25) is 0 Å². The molecule has 0 aromatic rings. The first-order chi connectivity index (χ1) is 6.95. The Morgan fingerprint density at radius 1 is 1.40 bits per heavy atom. The minimum absolute atomic E-state index is 0.181. The van der Waals surface area contributed by atoms with Crippen LogP contribution >= 0.6 is 0 Å². The third-order valence-electron chi connectivity index (χ3n) is 1.84. The highest BCUT2D eigenvalue weighted by atomic mass is 28.4. The van der Waals surface area contributed by atoms with Gasteiger partial charge in [0, 0.05) is 12.1 Å². The van der Waals surface area contributed by atoms with Gasteiger partial charge in [-0.1, -0.05) is 6.42 Å². The minimum atomic E-state index is -1.49. The third-order valence-corrected chi connectivity index (χ3v) is 2.49. The van der Waals surface area contributed by atoms with Crippen molar-refractivity contribution in [3.05, 3.63) is 0 Å². The highest BCUT2D eigenvalue weighted by Crippen LogP contribution is 2.07. The van der Waals surface area contributed by atoms with E-state index in [0.29, 0.717) is 0 Å². The van der Waals surface area contributed by atoms with Crippen LogP contribution in [0.2, 0.25) is 19.6 Å². The summed E-state index contributed by atoms with van der Waals surface area (Å²) in [5.41, 5.74) is 0. The number of rotatable bonds is 7. The van der Waals surface area contributed by atoms with Crippen molar-refractivity contribution in [2.75, 3.05) is 0 Å². The van der Waals surface area contributed by atoms with Crippen molar-refractivity contribution in [1.82, 2.24) is 0 Å². The molecule has 0 saturated carbocycles. The summed E-state index contributed by atoms with van der Waals surface area (Å²) in [6.45, 7) is 8.29. The topological polar surface area (TPSA) is 45.4 Å². The maximum absolute atomic E-state index is 8.57. The van der Waals surface area contributed by atoms with Crippen LogP contribution in [0.15, 0.2) is 5.16 Å². The molecule has 0 spiro atoms. The van der Waals surface area contributed by atoms with Gasteiger partial charge < -0.3 is 4.53 Å². The second-order valence-electron chi connectivity index (χ2n) is 4.81. The molecule has 0 rings (SSSR count). The van der Waals surface area contributed by atoms with E-state index >= 15 is 0 Å². The fourth-order valence-corrected chi connectivity index (χ4v) is 1.39. The van der Waals surface area contributed by atoms with Crippen molar-refractivity contribution in [3.63, 3.8) is 0 Å². The smallest absolute Gasteiger partial charge is 0.278 e. The number of unbranched alkanes of at least 4 members (excludes halogenated alkanes) is 2. The molecule has 15 heavy (non-hydrogen) atoms. The van der Waals surface area contributed by atoms with Crippen molar-refractivity contribution in [2.45, 2.75) is 52.2 Å². The fraction of sp³-hybridized carbons (Fsp3) is 0.818. The van der Waals surface area contributed by atoms with Crippen LogP contribution < -0.4 is 0 Å². The molecule has 0 radical (unpaired) electrons. The zero-order valence-electron chi connectivity index (χ0n) is 10.3. The number of oxime groups is 1. The van der Waals surface area contributed by atoms with E-state index in [1.165, 1.54) is 0 Å². The van der Waals surface area contributed by atoms with Gasteiger partial charge in [0.2, 0.25) is 0 Å². The molecular formula is C11H22N2OSi. The van der Waals surface area contributed by atoms with Gasteiger partial charge in [0.05, 0.1) is 6.07 Å². The maximum Gasteiger partial charge on any atom is 0.278 e. The number of nitrogens with zero attached hydrogens (tertiary/aromatic N) is 2. The summed E-state index contributed by atoms with van der Waals surface area (Å²) < 4.78 is 5.33. The standard InChI is InChI=1S/C11H22N2OSi/c1-11(10-12)8-6-5-7-9-13-14-15(2,3)4/h9,11H,5-8H2,1-4H3. The van der Waals surface area contributed by atoms with E-state index in [-0.39, 0.29) is 5.92 Å². The lowest BCUT2D eigenvalue weighted by atomic mass is 10.1. The Labute approximate surface area is 94.2 Å². The average Bonchev–Trinajstić information content (AvgIpc) is 2.14. The first-order valence-corrected chi connectivity index (χ1v) is 8.96. The summed E-state index contributed by atoms with van der Waals surface area (Å²) >= 11 is 0. The van der Waals surface area contributed by atoms with Gasteiger partial charge in [0.1, 0.15) is 0 Å². The monoisotopic (exact) mass is 226 g/mol. The number of hydrogen-bond acceptors (Lipinski definition) is 3. The molecule has 0 amide bonds. The summed E-state index contributed by atoms with van der Waals surface area (Å²) in [6.07, 6.45) is 5.95. The number of nitriles is 1. The van der Waals surface area contributed by atoms with E-state index in [2.05, 4.69) is 30.9 Å². The van der Waals surface area contributed by atoms with Crippen LogP contribution in [0.3, 0.4) is 0 Å². The number of hydrogen-bond donors (Lipinski definition) is 0. The molecule has 1 atom stereocenters. The van der Waals surface area contributed by atoms with Crippen molar-refractivity contribution in [2.24, 2.45) is 11.1 Å². The lowest BCUT2D eigenvalue weighted by Gasteiger charge is -2.11. The van der Waals surface area contributed by atoms with E-state index in [4.69, 9.17) is 9.79 Å². The first-order valence-electron chi connectivity index (χ1n) is 5.55. The molecule has 0 aromatic carbocycles. The Kier molecular flexibility index (Phi) is 7.06. The zero-order valence-corrected chi connectivity index (χ0v) is 11.3. The molecule has 0 heterocycles. The van der Waals surface area contributed by atoms with E-state index in [1.54, 1.807) is 0 Å². The van der Waals surface area contributed by atoms with Crippen molar-refractivity contribution >= 4 is 14.5 Å². The van der Waals surface area contributed by atoms with Gasteiger partial charge in [0.25, 0.3) is 8.32 Å². The largest absolute Gasteiger partial charge is 0.456 e. The fourth-order valence-electron chi connectivity index (χ4n) is 0.999. The van der Waals surface area contributed by atoms with Gasteiger partial charge in [-0.25, -0.2) is 0 Å². The molecule has 0 N–H and O–H groups in total. The predicted octanol–water partition coefficient (Wildman–Crippen LogP) is 3.54. The Morgan fingerprint density at radius 2 is 2.07 bits per heavy atom. The SMILES string of the molecule is CC(C#N)CCCCC=NO[Si](C)(C)C. The van der Waals surface area contributed by atoms with Crippen LogP contribution in [0.4, 0.5) is 0 Å². The summed E-state index contributed by atoms with van der Waals surface area (Å²) in [4.78, 5) is 0. The second-order valence-corrected chi connectivity index (χ2v) is 9.21. The van der Waals surface area contributed by atoms with E-state index in [9.17, 15) is 0 Å². The molecule has 1 unspecified atom stereocenters. The average molecular weight is 226 g/mol. The molecule has 3 nitrogen and oxygen atoms in total. The summed E-state index contributed by atoms with van der Waals surface area (Å²) in [6, 6.07) is 2.23. The van der Waals surface area contributed by atoms with Crippen LogP contribution in [0.25, 0.3) is 0 Å². The van der Waals surface area contributed by atoms with Crippen LogP contribution in [0.5, 0.6) is 0 Å². The Balaban J connectivity index is 3.36. The summed E-state index contributed by atoms with van der Waals surface area (Å²) in [7, 11) is -1.49. The molecule has 0 aromatic heterocycles. The molecule has 4 heteroatoms. The minimum Gasteiger partial charge on any atom is -0.456 e. The Hall–Kier alpha value is -0.823. The molecule has 0 aliphatic carbocycles. The maximum atomic E-state index is 8.57. The van der Waals surface area contributed by atoms with Crippen LogP contribution in [0, 0.1) is 17.2 Å².